The van der Waals surface area contributed by atoms with Crippen LogP contribution in [-0.2, 0) is 0 Å². The van der Waals surface area contributed by atoms with Crippen molar-refractivity contribution in [2.75, 3.05) is 23.8 Å². The summed E-state index contributed by atoms with van der Waals surface area (Å²) in [6, 6.07) is 7.44. The molecule has 0 aromatic heterocycles. The van der Waals surface area contributed by atoms with E-state index in [0.717, 1.165) is 18.2 Å². The summed E-state index contributed by atoms with van der Waals surface area (Å²) in [4.78, 5) is 0. The van der Waals surface area contributed by atoms with Crippen molar-refractivity contribution in [3.05, 3.63) is 46.4 Å². The lowest BCUT2D eigenvalue weighted by atomic mass is 10.2. The highest BCUT2D eigenvalue weighted by Crippen LogP contribution is 2.31. The summed E-state index contributed by atoms with van der Waals surface area (Å²) in [5, 5.41) is 5.75. The second-order valence-corrected chi connectivity index (χ2v) is 7.38. The monoisotopic (exact) mass is 524 g/mol. The zero-order valence-corrected chi connectivity index (χ0v) is 17.9. The van der Waals surface area contributed by atoms with E-state index < -0.39 is 43.2 Å². The van der Waals surface area contributed by atoms with Crippen LogP contribution in [0, 0.1) is 0 Å². The largest absolute Gasteiger partial charge is 0.487 e. The van der Waals surface area contributed by atoms with Crippen molar-refractivity contribution in [2.24, 2.45) is 0 Å². The number of hydrogen-bond acceptors (Lipinski definition) is 3. The van der Waals surface area contributed by atoms with Gasteiger partial charge in [-0.05, 0) is 30.4 Å². The molecule has 0 heterocycles. The van der Waals surface area contributed by atoms with Crippen molar-refractivity contribution in [2.45, 2.75) is 18.5 Å². The highest BCUT2D eigenvalue weighted by atomic mass is 35.5. The molecule has 2 aromatic rings. The maximum atomic E-state index is 13.1. The molecule has 0 spiro atoms. The molecule has 0 atom stereocenters. The molecule has 14 heteroatoms. The standard InChI is InChI=1S/C18H13Cl2F7N2O2S/c19-13-2-1-9(5-14(13)20)28-16(32)29-10-3-11(30-7-17(23,24)15(21)22)6-12(4-10)31-8-18(25,26)27/h1-6,15H,7-8H2,(H2,28,29,32). The molecular weight excluding hydrogens is 512 g/mol. The summed E-state index contributed by atoms with van der Waals surface area (Å²) in [6.07, 6.45) is -8.68. The van der Waals surface area contributed by atoms with Crippen LogP contribution in [0.4, 0.5) is 42.1 Å². The minimum Gasteiger partial charge on any atom is -0.487 e. The Kier molecular flexibility index (Phi) is 8.66. The summed E-state index contributed by atoms with van der Waals surface area (Å²) in [5.41, 5.74) is 0.382. The minimum absolute atomic E-state index is 0.0300. The molecule has 2 aromatic carbocycles. The quantitative estimate of drug-likeness (QED) is 0.287. The number of alkyl halides is 7. The fourth-order valence-electron chi connectivity index (χ4n) is 2.09. The number of nitrogens with one attached hydrogen (secondary N) is 2. The van der Waals surface area contributed by atoms with E-state index in [4.69, 9.17) is 35.4 Å². The molecule has 0 radical (unpaired) electrons. The first-order chi connectivity index (χ1) is 14.7. The molecule has 4 nitrogen and oxygen atoms in total. The van der Waals surface area contributed by atoms with Crippen molar-refractivity contribution in [3.8, 4) is 11.5 Å². The summed E-state index contributed by atoms with van der Waals surface area (Å²) in [7, 11) is 0. The number of hydrogen-bond donors (Lipinski definition) is 2. The van der Waals surface area contributed by atoms with E-state index in [-0.39, 0.29) is 20.8 Å². The molecule has 0 aliphatic rings. The van der Waals surface area contributed by atoms with Crippen LogP contribution in [0.1, 0.15) is 0 Å². The van der Waals surface area contributed by atoms with Gasteiger partial charge in [0, 0.05) is 29.6 Å². The van der Waals surface area contributed by atoms with Gasteiger partial charge in [0.25, 0.3) is 0 Å². The zero-order chi connectivity index (χ0) is 24.1. The Morgan fingerprint density at radius 2 is 1.41 bits per heavy atom. The predicted molar refractivity (Wildman–Crippen MR) is 111 cm³/mol. The van der Waals surface area contributed by atoms with Gasteiger partial charge >= 0.3 is 18.5 Å². The molecule has 2 N–H and O–H groups in total. The van der Waals surface area contributed by atoms with Crippen LogP contribution < -0.4 is 20.1 Å². The van der Waals surface area contributed by atoms with Gasteiger partial charge in [0.05, 0.1) is 10.0 Å². The maximum Gasteiger partial charge on any atom is 0.422 e. The van der Waals surface area contributed by atoms with Gasteiger partial charge in [-0.25, -0.2) is 8.78 Å². The van der Waals surface area contributed by atoms with Crippen LogP contribution in [0.25, 0.3) is 0 Å². The predicted octanol–water partition coefficient (Wildman–Crippen LogP) is 7.02. The number of rotatable bonds is 8. The van der Waals surface area contributed by atoms with Crippen molar-refractivity contribution in [3.63, 3.8) is 0 Å². The van der Waals surface area contributed by atoms with Crippen molar-refractivity contribution >= 4 is 51.9 Å². The summed E-state index contributed by atoms with van der Waals surface area (Å²) < 4.78 is 97.5. The molecule has 0 unspecified atom stereocenters. The first-order valence-corrected chi connectivity index (χ1v) is 9.58. The highest BCUT2D eigenvalue weighted by Gasteiger charge is 2.41. The molecule has 0 saturated heterocycles. The number of ether oxygens (including phenoxy) is 2. The Morgan fingerprint density at radius 1 is 0.844 bits per heavy atom. The van der Waals surface area contributed by atoms with Crippen LogP contribution >= 0.6 is 35.4 Å². The van der Waals surface area contributed by atoms with Gasteiger partial charge in [-0.1, -0.05) is 23.2 Å². The topological polar surface area (TPSA) is 42.5 Å². The third kappa shape index (κ3) is 8.40. The van der Waals surface area contributed by atoms with E-state index in [2.05, 4.69) is 20.1 Å². The molecule has 0 amide bonds. The van der Waals surface area contributed by atoms with Crippen LogP contribution in [0.5, 0.6) is 11.5 Å². The van der Waals surface area contributed by atoms with E-state index in [1.165, 1.54) is 18.2 Å². The Morgan fingerprint density at radius 3 is 1.94 bits per heavy atom. The smallest absolute Gasteiger partial charge is 0.422 e. The van der Waals surface area contributed by atoms with Crippen LogP contribution in [0.3, 0.4) is 0 Å². The first kappa shape index (κ1) is 26.1. The minimum atomic E-state index is -4.68. The van der Waals surface area contributed by atoms with Crippen molar-refractivity contribution < 1.29 is 40.2 Å². The van der Waals surface area contributed by atoms with E-state index in [1.807, 2.05) is 0 Å². The molecule has 2 rings (SSSR count). The normalized spacial score (nSPS) is 11.9. The van der Waals surface area contributed by atoms with E-state index >= 15 is 0 Å². The molecule has 0 fully saturated rings. The second-order valence-electron chi connectivity index (χ2n) is 6.16. The molecular formula is C18H13Cl2F7N2O2S. The molecule has 176 valence electrons. The summed E-state index contributed by atoms with van der Waals surface area (Å²) in [5.74, 6) is -5.36. The average molecular weight is 525 g/mol. The number of benzene rings is 2. The van der Waals surface area contributed by atoms with Crippen LogP contribution in [0.2, 0.25) is 10.0 Å². The fourth-order valence-corrected chi connectivity index (χ4v) is 2.62. The zero-order valence-electron chi connectivity index (χ0n) is 15.6. The SMILES string of the molecule is FC(F)C(F)(F)COc1cc(NC(=S)Nc2ccc(Cl)c(Cl)c2)cc(OCC(F)(F)F)c1. The van der Waals surface area contributed by atoms with Crippen LogP contribution in [-0.4, -0.2) is 36.9 Å². The molecule has 0 saturated carbocycles. The number of thiocarbonyl (C=S) groups is 1. The van der Waals surface area contributed by atoms with Gasteiger partial charge in [-0.2, -0.15) is 22.0 Å². The first-order valence-electron chi connectivity index (χ1n) is 8.41. The van der Waals surface area contributed by atoms with Gasteiger partial charge in [0.2, 0.25) is 0 Å². The lowest BCUT2D eigenvalue weighted by Crippen LogP contribution is -2.33. The molecule has 32 heavy (non-hydrogen) atoms. The van der Waals surface area contributed by atoms with Gasteiger partial charge in [-0.3, -0.25) is 0 Å². The fraction of sp³-hybridized carbons (Fsp3) is 0.278. The lowest BCUT2D eigenvalue weighted by Gasteiger charge is -2.18. The number of halogens is 9. The Labute approximate surface area is 192 Å². The Balaban J connectivity index is 2.18. The second kappa shape index (κ2) is 10.6. The third-order valence-electron chi connectivity index (χ3n) is 3.47. The van der Waals surface area contributed by atoms with Crippen molar-refractivity contribution in [1.82, 2.24) is 0 Å². The van der Waals surface area contributed by atoms with E-state index in [9.17, 15) is 30.7 Å². The van der Waals surface area contributed by atoms with Gasteiger partial charge in [0.1, 0.15) is 11.5 Å². The lowest BCUT2D eigenvalue weighted by molar-refractivity contribution is -0.153. The average Bonchev–Trinajstić information content (AvgIpc) is 2.67. The highest BCUT2D eigenvalue weighted by molar-refractivity contribution is 7.80. The van der Waals surface area contributed by atoms with Gasteiger partial charge < -0.3 is 20.1 Å². The molecule has 0 bridgehead atoms. The van der Waals surface area contributed by atoms with E-state index in [0.29, 0.717) is 5.69 Å². The van der Waals surface area contributed by atoms with Gasteiger partial charge in [-0.15, -0.1) is 0 Å². The summed E-state index contributed by atoms with van der Waals surface area (Å²) in [6.45, 7) is -3.39. The summed E-state index contributed by atoms with van der Waals surface area (Å²) >= 11 is 16.8. The number of anilines is 2. The Hall–Kier alpha value is -2.18. The Bertz CT molecular complexity index is 961. The van der Waals surface area contributed by atoms with E-state index in [1.54, 1.807) is 0 Å². The maximum absolute atomic E-state index is 13.1. The van der Waals surface area contributed by atoms with Crippen LogP contribution in [0.15, 0.2) is 36.4 Å². The van der Waals surface area contributed by atoms with Crippen molar-refractivity contribution in [1.29, 1.82) is 0 Å². The molecule has 0 aliphatic carbocycles. The molecule has 0 aliphatic heterocycles. The third-order valence-corrected chi connectivity index (χ3v) is 4.41. The van der Waals surface area contributed by atoms with Gasteiger partial charge in [0.15, 0.2) is 18.3 Å².